The van der Waals surface area contributed by atoms with Gasteiger partial charge < -0.3 is 10.2 Å². The summed E-state index contributed by atoms with van der Waals surface area (Å²) in [7, 11) is 0. The zero-order chi connectivity index (χ0) is 18.7. The summed E-state index contributed by atoms with van der Waals surface area (Å²) in [6.07, 6.45) is 0. The van der Waals surface area contributed by atoms with Crippen molar-refractivity contribution in [3.8, 4) is 0 Å². The van der Waals surface area contributed by atoms with Gasteiger partial charge in [-0.3, -0.25) is 9.59 Å². The molecule has 0 aliphatic rings. The van der Waals surface area contributed by atoms with Crippen LogP contribution >= 0.6 is 11.6 Å². The summed E-state index contributed by atoms with van der Waals surface area (Å²) in [6.45, 7) is 9.09. The molecule has 25 heavy (non-hydrogen) atoms. The smallest absolute Gasteiger partial charge is 0.244 e. The van der Waals surface area contributed by atoms with Crippen LogP contribution < -0.4 is 10.2 Å². The summed E-state index contributed by atoms with van der Waals surface area (Å²) in [6, 6.07) is 9.55. The summed E-state index contributed by atoms with van der Waals surface area (Å²) in [5.74, 6) is -0.467. The number of carbonyl (C=O) groups excluding carboxylic acids is 2. The first kappa shape index (κ1) is 19.0. The van der Waals surface area contributed by atoms with Gasteiger partial charge in [0.15, 0.2) is 0 Å². The van der Waals surface area contributed by atoms with Crippen LogP contribution in [0.3, 0.4) is 0 Å². The number of halogens is 1. The molecule has 1 N–H and O–H groups in total. The zero-order valence-corrected chi connectivity index (χ0v) is 16.0. The first-order valence-electron chi connectivity index (χ1n) is 8.11. The number of nitrogens with zero attached hydrogens (tertiary/aromatic N) is 1. The first-order valence-corrected chi connectivity index (χ1v) is 8.49. The van der Waals surface area contributed by atoms with Gasteiger partial charge in [-0.25, -0.2) is 0 Å². The number of hydrogen-bond donors (Lipinski definition) is 1. The van der Waals surface area contributed by atoms with Gasteiger partial charge in [-0.15, -0.1) is 0 Å². The molecule has 0 aliphatic carbocycles. The van der Waals surface area contributed by atoms with Crippen LogP contribution in [0.25, 0.3) is 0 Å². The Morgan fingerprint density at radius 3 is 2.16 bits per heavy atom. The van der Waals surface area contributed by atoms with Gasteiger partial charge in [-0.1, -0.05) is 35.9 Å². The summed E-state index contributed by atoms with van der Waals surface area (Å²) >= 11 is 6.25. The van der Waals surface area contributed by atoms with Crippen molar-refractivity contribution < 1.29 is 9.59 Å². The molecule has 0 spiro atoms. The molecule has 5 heteroatoms. The van der Waals surface area contributed by atoms with Crippen molar-refractivity contribution in [3.05, 3.63) is 57.6 Å². The van der Waals surface area contributed by atoms with Crippen molar-refractivity contribution in [3.63, 3.8) is 0 Å². The number of amides is 2. The number of para-hydroxylation sites is 1. The molecule has 0 atom stereocenters. The molecule has 2 amide bonds. The third-order valence-electron chi connectivity index (χ3n) is 4.09. The minimum atomic E-state index is -0.285. The van der Waals surface area contributed by atoms with Crippen LogP contribution in [-0.2, 0) is 9.59 Å². The Morgan fingerprint density at radius 2 is 1.64 bits per heavy atom. The Balaban J connectivity index is 2.27. The molecule has 0 saturated heterocycles. The maximum absolute atomic E-state index is 12.5. The van der Waals surface area contributed by atoms with Crippen LogP contribution in [0.15, 0.2) is 30.3 Å². The highest BCUT2D eigenvalue weighted by Gasteiger charge is 2.20. The molecule has 2 rings (SSSR count). The van der Waals surface area contributed by atoms with Crippen LogP contribution in [0, 0.1) is 27.7 Å². The summed E-state index contributed by atoms with van der Waals surface area (Å²) in [5.41, 5.74) is 5.18. The quantitative estimate of drug-likeness (QED) is 0.870. The molecular weight excluding hydrogens is 336 g/mol. The van der Waals surface area contributed by atoms with E-state index in [2.05, 4.69) is 5.32 Å². The van der Waals surface area contributed by atoms with Crippen LogP contribution in [0.2, 0.25) is 5.02 Å². The predicted octanol–water partition coefficient (Wildman–Crippen LogP) is 4.57. The number of carbonyl (C=O) groups is 2. The fraction of sp³-hybridized carbons (Fsp3) is 0.300. The van der Waals surface area contributed by atoms with E-state index in [0.29, 0.717) is 10.7 Å². The third kappa shape index (κ3) is 4.40. The van der Waals surface area contributed by atoms with Gasteiger partial charge in [-0.05, 0) is 56.0 Å². The molecular formula is C20H23ClN2O2. The Labute approximate surface area is 153 Å². The summed E-state index contributed by atoms with van der Waals surface area (Å²) in [4.78, 5) is 26.2. The maximum Gasteiger partial charge on any atom is 0.244 e. The molecule has 0 bridgehead atoms. The molecule has 0 heterocycles. The monoisotopic (exact) mass is 358 g/mol. The van der Waals surface area contributed by atoms with Gasteiger partial charge in [0.05, 0.1) is 16.4 Å². The second kappa shape index (κ2) is 7.70. The van der Waals surface area contributed by atoms with E-state index in [-0.39, 0.29) is 18.4 Å². The molecule has 4 nitrogen and oxygen atoms in total. The van der Waals surface area contributed by atoms with Crippen molar-refractivity contribution in [2.24, 2.45) is 0 Å². The Kier molecular flexibility index (Phi) is 5.85. The zero-order valence-electron chi connectivity index (χ0n) is 15.2. The van der Waals surface area contributed by atoms with Crippen LogP contribution in [0.4, 0.5) is 11.4 Å². The Hall–Kier alpha value is -2.33. The number of hydrogen-bond acceptors (Lipinski definition) is 2. The average Bonchev–Trinajstić information content (AvgIpc) is 2.49. The lowest BCUT2D eigenvalue weighted by molar-refractivity contribution is -0.120. The van der Waals surface area contributed by atoms with Gasteiger partial charge >= 0.3 is 0 Å². The molecule has 132 valence electrons. The number of aryl methyl sites for hydroxylation is 4. The standard InChI is InChI=1S/C20H23ClN2O2/c1-12-9-15(4)19(17(21)10-12)22-18(25)11-23(16(5)24)20-13(2)7-6-8-14(20)3/h6-10H,11H2,1-5H3,(H,22,25). The fourth-order valence-electron chi connectivity index (χ4n) is 2.98. The topological polar surface area (TPSA) is 49.4 Å². The molecule has 2 aromatic rings. The largest absolute Gasteiger partial charge is 0.323 e. The van der Waals surface area contributed by atoms with Crippen molar-refractivity contribution in [1.82, 2.24) is 0 Å². The van der Waals surface area contributed by atoms with Crippen molar-refractivity contribution in [2.75, 3.05) is 16.8 Å². The third-order valence-corrected chi connectivity index (χ3v) is 4.39. The van der Waals surface area contributed by atoms with Crippen LogP contribution in [-0.4, -0.2) is 18.4 Å². The molecule has 0 saturated carbocycles. The highest BCUT2D eigenvalue weighted by atomic mass is 35.5. The van der Waals surface area contributed by atoms with Gasteiger partial charge in [0, 0.05) is 6.92 Å². The summed E-state index contributed by atoms with van der Waals surface area (Å²) < 4.78 is 0. The van der Waals surface area contributed by atoms with E-state index < -0.39 is 0 Å². The molecule has 2 aromatic carbocycles. The lowest BCUT2D eigenvalue weighted by atomic mass is 10.1. The minimum absolute atomic E-state index is 0.0648. The van der Waals surface area contributed by atoms with E-state index >= 15 is 0 Å². The number of benzene rings is 2. The van der Waals surface area contributed by atoms with E-state index in [0.717, 1.165) is 27.9 Å². The number of rotatable bonds is 4. The van der Waals surface area contributed by atoms with E-state index in [9.17, 15) is 9.59 Å². The van der Waals surface area contributed by atoms with Crippen molar-refractivity contribution >= 4 is 34.8 Å². The minimum Gasteiger partial charge on any atom is -0.323 e. The van der Waals surface area contributed by atoms with Gasteiger partial charge in [0.25, 0.3) is 0 Å². The SMILES string of the molecule is CC(=O)N(CC(=O)Nc1c(C)cc(C)cc1Cl)c1c(C)cccc1C. The highest BCUT2D eigenvalue weighted by Crippen LogP contribution is 2.28. The molecule has 0 radical (unpaired) electrons. The second-order valence-electron chi connectivity index (χ2n) is 6.33. The highest BCUT2D eigenvalue weighted by molar-refractivity contribution is 6.34. The van der Waals surface area contributed by atoms with Gasteiger partial charge in [0.1, 0.15) is 6.54 Å². The van der Waals surface area contributed by atoms with Crippen LogP contribution in [0.5, 0.6) is 0 Å². The predicted molar refractivity (Wildman–Crippen MR) is 103 cm³/mol. The van der Waals surface area contributed by atoms with Crippen molar-refractivity contribution in [1.29, 1.82) is 0 Å². The van der Waals surface area contributed by atoms with Crippen LogP contribution in [0.1, 0.15) is 29.2 Å². The van der Waals surface area contributed by atoms with E-state index in [4.69, 9.17) is 11.6 Å². The molecule has 0 fully saturated rings. The average molecular weight is 359 g/mol. The Morgan fingerprint density at radius 1 is 1.04 bits per heavy atom. The number of anilines is 2. The van der Waals surface area contributed by atoms with E-state index in [1.165, 1.54) is 11.8 Å². The second-order valence-corrected chi connectivity index (χ2v) is 6.74. The fourth-order valence-corrected chi connectivity index (χ4v) is 3.34. The maximum atomic E-state index is 12.5. The molecule has 0 unspecified atom stereocenters. The van der Waals surface area contributed by atoms with E-state index in [1.54, 1.807) is 6.07 Å². The van der Waals surface area contributed by atoms with Gasteiger partial charge in [-0.2, -0.15) is 0 Å². The lowest BCUT2D eigenvalue weighted by Gasteiger charge is -2.25. The lowest BCUT2D eigenvalue weighted by Crippen LogP contribution is -2.37. The number of nitrogens with one attached hydrogen (secondary N) is 1. The Bertz CT molecular complexity index is 787. The normalized spacial score (nSPS) is 10.5. The first-order chi connectivity index (χ1) is 11.7. The van der Waals surface area contributed by atoms with Gasteiger partial charge in [0.2, 0.25) is 11.8 Å². The molecule has 0 aliphatic heterocycles. The summed E-state index contributed by atoms with van der Waals surface area (Å²) in [5, 5.41) is 3.33. The van der Waals surface area contributed by atoms with Crippen molar-refractivity contribution in [2.45, 2.75) is 34.6 Å². The molecule has 0 aromatic heterocycles. The van der Waals surface area contributed by atoms with E-state index in [1.807, 2.05) is 52.0 Å².